The van der Waals surface area contributed by atoms with E-state index >= 15 is 0 Å². The number of anilines is 1. The molecule has 4 nitrogen and oxygen atoms in total. The number of nitrogen functional groups attached to an aromatic ring is 1. The smallest absolute Gasteiger partial charge is 0.336 e. The van der Waals surface area contributed by atoms with Gasteiger partial charge in [-0.2, -0.15) is 0 Å². The molecule has 0 saturated carbocycles. The highest BCUT2D eigenvalue weighted by Gasteiger charge is 2.07. The molecule has 80 valence electrons. The Morgan fingerprint density at radius 2 is 2.20 bits per heavy atom. The number of rotatable bonds is 4. The predicted molar refractivity (Wildman–Crippen MR) is 60.5 cm³/mol. The summed E-state index contributed by atoms with van der Waals surface area (Å²) in [5, 5.41) is 8.93. The summed E-state index contributed by atoms with van der Waals surface area (Å²) in [4.78, 5) is 10.9. The molecule has 0 aromatic heterocycles. The molecule has 0 fully saturated rings. The maximum Gasteiger partial charge on any atom is 0.336 e. The van der Waals surface area contributed by atoms with E-state index in [4.69, 9.17) is 16.6 Å². The molecule has 1 rings (SSSR count). The van der Waals surface area contributed by atoms with Crippen molar-refractivity contribution in [1.82, 2.24) is 0 Å². The summed E-state index contributed by atoms with van der Waals surface area (Å²) in [6.07, 6.45) is 4.32. The Labute approximate surface area is 88.2 Å². The molecule has 0 amide bonds. The third-order valence-corrected chi connectivity index (χ3v) is 1.94. The molecule has 0 spiro atoms. The van der Waals surface area contributed by atoms with Crippen LogP contribution in [0.3, 0.4) is 0 Å². The largest absolute Gasteiger partial charge is 0.478 e. The van der Waals surface area contributed by atoms with Gasteiger partial charge in [-0.15, -0.1) is 0 Å². The lowest BCUT2D eigenvalue weighted by atomic mass is 10.1. The Hall–Kier alpha value is -1.81. The van der Waals surface area contributed by atoms with Gasteiger partial charge < -0.3 is 16.6 Å². The topological polar surface area (TPSA) is 89.3 Å². The van der Waals surface area contributed by atoms with Gasteiger partial charge in [0.15, 0.2) is 0 Å². The Bertz CT molecular complexity index is 386. The molecule has 0 unspecified atom stereocenters. The van der Waals surface area contributed by atoms with Crippen LogP contribution in [-0.4, -0.2) is 17.6 Å². The molecule has 0 radical (unpaired) electrons. The lowest BCUT2D eigenvalue weighted by Gasteiger charge is -2.02. The highest BCUT2D eigenvalue weighted by Crippen LogP contribution is 2.15. The van der Waals surface area contributed by atoms with Gasteiger partial charge in [0.25, 0.3) is 0 Å². The first kappa shape index (κ1) is 11.3. The minimum atomic E-state index is -0.977. The van der Waals surface area contributed by atoms with Crippen LogP contribution in [0.2, 0.25) is 0 Å². The van der Waals surface area contributed by atoms with E-state index in [2.05, 4.69) is 0 Å². The van der Waals surface area contributed by atoms with Crippen molar-refractivity contribution in [3.8, 4) is 0 Å². The van der Waals surface area contributed by atoms with Crippen LogP contribution in [0.15, 0.2) is 24.3 Å². The van der Waals surface area contributed by atoms with E-state index in [1.165, 1.54) is 6.07 Å². The zero-order valence-electron chi connectivity index (χ0n) is 8.31. The van der Waals surface area contributed by atoms with Crippen molar-refractivity contribution in [1.29, 1.82) is 0 Å². The third-order valence-electron chi connectivity index (χ3n) is 1.94. The van der Waals surface area contributed by atoms with Crippen molar-refractivity contribution in [2.45, 2.75) is 6.42 Å². The van der Waals surface area contributed by atoms with Crippen molar-refractivity contribution in [3.63, 3.8) is 0 Å². The maximum absolute atomic E-state index is 10.9. The lowest BCUT2D eigenvalue weighted by molar-refractivity contribution is 0.0696. The van der Waals surface area contributed by atoms with E-state index in [1.54, 1.807) is 18.2 Å². The van der Waals surface area contributed by atoms with Gasteiger partial charge in [-0.1, -0.05) is 18.2 Å². The third kappa shape index (κ3) is 3.11. The molecular formula is C11H14N2O2. The molecule has 0 aliphatic heterocycles. The second kappa shape index (κ2) is 5.17. The molecule has 4 heteroatoms. The molecule has 0 heterocycles. The molecule has 0 aliphatic carbocycles. The normalized spacial score (nSPS) is 10.7. The van der Waals surface area contributed by atoms with Crippen LogP contribution >= 0.6 is 0 Å². The fourth-order valence-electron chi connectivity index (χ4n) is 1.21. The molecule has 0 atom stereocenters. The van der Waals surface area contributed by atoms with Gasteiger partial charge in [-0.05, 0) is 30.7 Å². The van der Waals surface area contributed by atoms with Crippen molar-refractivity contribution in [2.75, 3.05) is 12.3 Å². The minimum Gasteiger partial charge on any atom is -0.478 e. The quantitative estimate of drug-likeness (QED) is 0.648. The van der Waals surface area contributed by atoms with Gasteiger partial charge in [0.05, 0.1) is 5.56 Å². The van der Waals surface area contributed by atoms with E-state index < -0.39 is 5.97 Å². The minimum absolute atomic E-state index is 0.211. The zero-order valence-corrected chi connectivity index (χ0v) is 8.31. The van der Waals surface area contributed by atoms with Crippen molar-refractivity contribution >= 4 is 17.7 Å². The maximum atomic E-state index is 10.9. The van der Waals surface area contributed by atoms with Gasteiger partial charge in [-0.3, -0.25) is 0 Å². The fraction of sp³-hybridized carbons (Fsp3) is 0.182. The summed E-state index contributed by atoms with van der Waals surface area (Å²) in [5.74, 6) is -0.977. The first-order valence-corrected chi connectivity index (χ1v) is 4.64. The first-order chi connectivity index (χ1) is 7.15. The Balaban J connectivity index is 3.01. The summed E-state index contributed by atoms with van der Waals surface area (Å²) in [6, 6.07) is 4.81. The summed E-state index contributed by atoms with van der Waals surface area (Å²) >= 11 is 0. The van der Waals surface area contributed by atoms with E-state index in [0.29, 0.717) is 17.8 Å². The SMILES string of the molecule is NCCC=Cc1ccc(N)cc1C(=O)O. The van der Waals surface area contributed by atoms with Crippen molar-refractivity contribution < 1.29 is 9.90 Å². The molecule has 5 N–H and O–H groups in total. The van der Waals surface area contributed by atoms with Crippen LogP contribution in [0.25, 0.3) is 6.08 Å². The van der Waals surface area contributed by atoms with E-state index in [9.17, 15) is 4.79 Å². The summed E-state index contributed by atoms with van der Waals surface area (Å²) in [5.41, 5.74) is 12.1. The first-order valence-electron chi connectivity index (χ1n) is 4.64. The zero-order chi connectivity index (χ0) is 11.3. The van der Waals surface area contributed by atoms with Crippen LogP contribution in [0, 0.1) is 0 Å². The van der Waals surface area contributed by atoms with Gasteiger partial charge in [0.1, 0.15) is 0 Å². The number of nitrogens with two attached hydrogens (primary N) is 2. The number of hydrogen-bond donors (Lipinski definition) is 3. The Morgan fingerprint density at radius 1 is 1.47 bits per heavy atom. The number of benzene rings is 1. The molecule has 0 saturated heterocycles. The average Bonchev–Trinajstić information content (AvgIpc) is 2.20. The lowest BCUT2D eigenvalue weighted by Crippen LogP contribution is -2.01. The van der Waals surface area contributed by atoms with Crippen LogP contribution in [0.1, 0.15) is 22.3 Å². The highest BCUT2D eigenvalue weighted by molar-refractivity contribution is 5.93. The van der Waals surface area contributed by atoms with Gasteiger partial charge >= 0.3 is 5.97 Å². The van der Waals surface area contributed by atoms with Crippen LogP contribution < -0.4 is 11.5 Å². The molecular weight excluding hydrogens is 192 g/mol. The standard InChI is InChI=1S/C11H14N2O2/c12-6-2-1-3-8-4-5-9(13)7-10(8)11(14)15/h1,3-5,7H,2,6,12-13H2,(H,14,15). The number of hydrogen-bond acceptors (Lipinski definition) is 3. The van der Waals surface area contributed by atoms with Gasteiger partial charge in [0.2, 0.25) is 0 Å². The van der Waals surface area contributed by atoms with E-state index in [-0.39, 0.29) is 5.56 Å². The number of carboxylic acids is 1. The van der Waals surface area contributed by atoms with Crippen LogP contribution in [0.5, 0.6) is 0 Å². The van der Waals surface area contributed by atoms with Gasteiger partial charge in [-0.25, -0.2) is 4.79 Å². The molecule has 0 bridgehead atoms. The molecule has 1 aromatic rings. The summed E-state index contributed by atoms with van der Waals surface area (Å²) in [7, 11) is 0. The second-order valence-corrected chi connectivity index (χ2v) is 3.13. The Kier molecular flexibility index (Phi) is 3.88. The van der Waals surface area contributed by atoms with Crippen LogP contribution in [-0.2, 0) is 0 Å². The van der Waals surface area contributed by atoms with Crippen molar-refractivity contribution in [3.05, 3.63) is 35.4 Å². The number of aromatic carboxylic acids is 1. The summed E-state index contributed by atoms with van der Waals surface area (Å²) in [6.45, 7) is 0.549. The number of carboxylic acid groups (broad SMARTS) is 1. The summed E-state index contributed by atoms with van der Waals surface area (Å²) < 4.78 is 0. The van der Waals surface area contributed by atoms with E-state index in [1.807, 2.05) is 6.08 Å². The number of carbonyl (C=O) groups is 1. The fourth-order valence-corrected chi connectivity index (χ4v) is 1.21. The Morgan fingerprint density at radius 3 is 2.80 bits per heavy atom. The molecule has 0 aliphatic rings. The average molecular weight is 206 g/mol. The van der Waals surface area contributed by atoms with Gasteiger partial charge in [0, 0.05) is 5.69 Å². The second-order valence-electron chi connectivity index (χ2n) is 3.13. The van der Waals surface area contributed by atoms with E-state index in [0.717, 1.165) is 6.42 Å². The highest BCUT2D eigenvalue weighted by atomic mass is 16.4. The van der Waals surface area contributed by atoms with Crippen molar-refractivity contribution in [2.24, 2.45) is 5.73 Å². The molecule has 1 aromatic carbocycles. The molecule has 15 heavy (non-hydrogen) atoms. The predicted octanol–water partition coefficient (Wildman–Crippen LogP) is 1.33. The van der Waals surface area contributed by atoms with Crippen LogP contribution in [0.4, 0.5) is 5.69 Å². The monoisotopic (exact) mass is 206 g/mol.